The van der Waals surface area contributed by atoms with Gasteiger partial charge in [0.15, 0.2) is 0 Å². The summed E-state index contributed by atoms with van der Waals surface area (Å²) in [5, 5.41) is 15.0. The summed E-state index contributed by atoms with van der Waals surface area (Å²) >= 11 is 11.9. The van der Waals surface area contributed by atoms with E-state index in [0.29, 0.717) is 28.2 Å². The van der Waals surface area contributed by atoms with E-state index in [1.54, 1.807) is 17.6 Å². The Morgan fingerprint density at radius 1 is 1.19 bits per heavy atom. The van der Waals surface area contributed by atoms with Crippen LogP contribution in [0.1, 0.15) is 46.0 Å². The Morgan fingerprint density at radius 3 is 2.48 bits per heavy atom. The van der Waals surface area contributed by atoms with Crippen molar-refractivity contribution in [3.63, 3.8) is 0 Å². The molecular weight excluding hydrogens is 443 g/mol. The highest BCUT2D eigenvalue weighted by Crippen LogP contribution is 2.28. The molecule has 0 aromatic heterocycles. The predicted molar refractivity (Wildman–Crippen MR) is 120 cm³/mol. The van der Waals surface area contributed by atoms with E-state index in [-0.39, 0.29) is 25.4 Å². The molecule has 1 aliphatic carbocycles. The number of hydrogen-bond donors (Lipinski definition) is 4. The van der Waals surface area contributed by atoms with Gasteiger partial charge in [-0.1, -0.05) is 49.9 Å². The molecule has 2 rings (SSSR count). The molecule has 10 heteroatoms. The molecule has 0 bridgehead atoms. The number of nitrogens with one attached hydrogen (secondary N) is 3. The molecule has 1 fully saturated rings. The van der Waals surface area contributed by atoms with Crippen LogP contribution in [0.5, 0.6) is 0 Å². The zero-order valence-electron chi connectivity index (χ0n) is 17.8. The van der Waals surface area contributed by atoms with Gasteiger partial charge >= 0.3 is 6.03 Å². The number of carbonyl (C=O) groups is 3. The van der Waals surface area contributed by atoms with Crippen molar-refractivity contribution in [2.45, 2.75) is 46.0 Å². The zero-order chi connectivity index (χ0) is 23.0. The van der Waals surface area contributed by atoms with Gasteiger partial charge < -0.3 is 15.5 Å². The molecule has 0 spiro atoms. The Labute approximate surface area is 192 Å². The first-order chi connectivity index (χ1) is 14.6. The molecule has 1 aromatic carbocycles. The Morgan fingerprint density at radius 2 is 1.87 bits per heavy atom. The number of benzene rings is 1. The number of nitrogens with zero attached hydrogens (tertiary/aromatic N) is 1. The van der Waals surface area contributed by atoms with Crippen LogP contribution in [0.15, 0.2) is 18.2 Å². The highest BCUT2D eigenvalue weighted by Gasteiger charge is 2.29. The van der Waals surface area contributed by atoms with Crippen molar-refractivity contribution in [3.05, 3.63) is 28.2 Å². The van der Waals surface area contributed by atoms with Gasteiger partial charge in [0, 0.05) is 24.5 Å². The molecule has 0 unspecified atom stereocenters. The maximum atomic E-state index is 12.9. The summed E-state index contributed by atoms with van der Waals surface area (Å²) in [4.78, 5) is 38.3. The third-order valence-corrected chi connectivity index (χ3v) is 5.85. The number of rotatable bonds is 9. The average molecular weight is 473 g/mol. The molecule has 0 aliphatic heterocycles. The molecule has 0 heterocycles. The number of hydroxylamine groups is 1. The van der Waals surface area contributed by atoms with Crippen LogP contribution < -0.4 is 16.1 Å². The quantitative estimate of drug-likeness (QED) is 0.320. The number of carbonyl (C=O) groups excluding carboxylic acids is 3. The van der Waals surface area contributed by atoms with E-state index in [0.717, 1.165) is 25.7 Å². The summed E-state index contributed by atoms with van der Waals surface area (Å²) in [6, 6.07) is 4.30. The van der Waals surface area contributed by atoms with E-state index in [1.165, 1.54) is 11.0 Å². The third-order valence-electron chi connectivity index (χ3n) is 5.30. The molecule has 31 heavy (non-hydrogen) atoms. The second kappa shape index (κ2) is 11.5. The van der Waals surface area contributed by atoms with Gasteiger partial charge in [0.2, 0.25) is 5.91 Å². The summed E-state index contributed by atoms with van der Waals surface area (Å²) in [6.07, 6.45) is 4.45. The minimum Gasteiger partial charge on any atom is -0.337 e. The van der Waals surface area contributed by atoms with Crippen molar-refractivity contribution in [3.8, 4) is 0 Å². The summed E-state index contributed by atoms with van der Waals surface area (Å²) < 4.78 is 0. The van der Waals surface area contributed by atoms with Gasteiger partial charge in [-0.25, -0.2) is 10.3 Å². The van der Waals surface area contributed by atoms with Gasteiger partial charge in [-0.15, -0.1) is 0 Å². The molecule has 172 valence electrons. The lowest BCUT2D eigenvalue weighted by molar-refractivity contribution is -0.141. The standard InChI is InChI=1S/C21H30Cl2N4O4/c1-21(2,13-24-20(30)25-17-8-7-15(22)9-16(17)23)10-19(29)27(12-18(28)26-31)11-14-5-3-4-6-14/h7-9,14,31H,3-6,10-13H2,1-2H3,(H,26,28)(H2,24,25,30). The SMILES string of the molecule is CC(C)(CNC(=O)Nc1ccc(Cl)cc1Cl)CC(=O)N(CC(=O)NO)CC1CCCC1. The van der Waals surface area contributed by atoms with E-state index in [2.05, 4.69) is 10.6 Å². The predicted octanol–water partition coefficient (Wildman–Crippen LogP) is 4.06. The first-order valence-electron chi connectivity index (χ1n) is 10.3. The Kier molecular flexibility index (Phi) is 9.40. The zero-order valence-corrected chi connectivity index (χ0v) is 19.4. The van der Waals surface area contributed by atoms with Gasteiger partial charge in [0.1, 0.15) is 6.54 Å². The van der Waals surface area contributed by atoms with E-state index in [9.17, 15) is 14.4 Å². The molecule has 8 nitrogen and oxygen atoms in total. The fourth-order valence-corrected chi connectivity index (χ4v) is 4.08. The van der Waals surface area contributed by atoms with E-state index in [1.807, 2.05) is 13.8 Å². The van der Waals surface area contributed by atoms with Crippen LogP contribution >= 0.6 is 23.2 Å². The van der Waals surface area contributed by atoms with Crippen LogP contribution in [0.2, 0.25) is 10.0 Å². The maximum Gasteiger partial charge on any atom is 0.319 e. The van der Waals surface area contributed by atoms with Crippen LogP contribution in [0.25, 0.3) is 0 Å². The molecular formula is C21H30Cl2N4O4. The molecule has 1 saturated carbocycles. The Balaban J connectivity index is 1.90. The third kappa shape index (κ3) is 8.55. The number of hydrogen-bond acceptors (Lipinski definition) is 4. The van der Waals surface area contributed by atoms with Crippen LogP contribution in [0.4, 0.5) is 10.5 Å². The summed E-state index contributed by atoms with van der Waals surface area (Å²) in [7, 11) is 0. The summed E-state index contributed by atoms with van der Waals surface area (Å²) in [6.45, 7) is 4.26. The van der Waals surface area contributed by atoms with Crippen LogP contribution in [-0.2, 0) is 9.59 Å². The van der Waals surface area contributed by atoms with E-state index >= 15 is 0 Å². The van der Waals surface area contributed by atoms with Gasteiger partial charge in [-0.3, -0.25) is 14.8 Å². The Bertz CT molecular complexity index is 798. The minimum atomic E-state index is -0.624. The molecule has 4 N–H and O–H groups in total. The van der Waals surface area contributed by atoms with Crippen molar-refractivity contribution in [1.29, 1.82) is 0 Å². The molecule has 1 aliphatic rings. The van der Waals surface area contributed by atoms with Crippen molar-refractivity contribution < 1.29 is 19.6 Å². The van der Waals surface area contributed by atoms with Crippen molar-refractivity contribution >= 4 is 46.7 Å². The van der Waals surface area contributed by atoms with Gasteiger partial charge in [-0.05, 0) is 42.4 Å². The molecule has 0 saturated heterocycles. The van der Waals surface area contributed by atoms with E-state index in [4.69, 9.17) is 28.4 Å². The van der Waals surface area contributed by atoms with Gasteiger partial charge in [0.25, 0.3) is 5.91 Å². The van der Waals surface area contributed by atoms with Gasteiger partial charge in [-0.2, -0.15) is 0 Å². The minimum absolute atomic E-state index is 0.139. The maximum absolute atomic E-state index is 12.9. The lowest BCUT2D eigenvalue weighted by atomic mass is 9.88. The number of amides is 4. The largest absolute Gasteiger partial charge is 0.337 e. The number of urea groups is 1. The smallest absolute Gasteiger partial charge is 0.319 e. The fourth-order valence-electron chi connectivity index (χ4n) is 3.63. The average Bonchev–Trinajstić information content (AvgIpc) is 3.21. The molecule has 0 radical (unpaired) electrons. The summed E-state index contributed by atoms with van der Waals surface area (Å²) in [5.41, 5.74) is 1.46. The highest BCUT2D eigenvalue weighted by molar-refractivity contribution is 6.36. The van der Waals surface area contributed by atoms with Gasteiger partial charge in [0.05, 0.1) is 10.7 Å². The van der Waals surface area contributed by atoms with Crippen LogP contribution in [0.3, 0.4) is 0 Å². The number of anilines is 1. The fraction of sp³-hybridized carbons (Fsp3) is 0.571. The molecule has 4 amide bonds. The van der Waals surface area contributed by atoms with Crippen molar-refractivity contribution in [2.75, 3.05) is 25.0 Å². The van der Waals surface area contributed by atoms with E-state index < -0.39 is 17.4 Å². The van der Waals surface area contributed by atoms with Crippen molar-refractivity contribution in [1.82, 2.24) is 15.7 Å². The lowest BCUT2D eigenvalue weighted by Gasteiger charge is -2.30. The Hall–Kier alpha value is -2.03. The first kappa shape index (κ1) is 25.2. The first-order valence-corrected chi connectivity index (χ1v) is 11.1. The second-order valence-electron chi connectivity index (χ2n) is 8.73. The van der Waals surface area contributed by atoms with Crippen molar-refractivity contribution in [2.24, 2.45) is 11.3 Å². The highest BCUT2D eigenvalue weighted by atomic mass is 35.5. The monoisotopic (exact) mass is 472 g/mol. The van der Waals surface area contributed by atoms with Crippen LogP contribution in [0, 0.1) is 11.3 Å². The molecule has 1 aromatic rings. The lowest BCUT2D eigenvalue weighted by Crippen LogP contribution is -2.45. The molecule has 0 atom stereocenters. The van der Waals surface area contributed by atoms with Crippen LogP contribution in [-0.4, -0.2) is 47.6 Å². The second-order valence-corrected chi connectivity index (χ2v) is 9.58. The number of halogens is 2. The summed E-state index contributed by atoms with van der Waals surface area (Å²) in [5.74, 6) is -0.448. The topological polar surface area (TPSA) is 111 Å². The normalized spacial score (nSPS) is 14.2.